The second-order valence-corrected chi connectivity index (χ2v) is 6.23. The van der Waals surface area contributed by atoms with Crippen LogP contribution < -0.4 is 0 Å². The molecule has 1 aliphatic carbocycles. The van der Waals surface area contributed by atoms with Gasteiger partial charge in [0.15, 0.2) is 0 Å². The molecule has 92 valence electrons. The van der Waals surface area contributed by atoms with Crippen molar-refractivity contribution in [1.29, 1.82) is 0 Å². The smallest absolute Gasteiger partial charge is 0.139 e. The third-order valence-corrected chi connectivity index (χ3v) is 4.37. The quantitative estimate of drug-likeness (QED) is 0.720. The van der Waals surface area contributed by atoms with Gasteiger partial charge in [0.1, 0.15) is 5.78 Å². The van der Waals surface area contributed by atoms with E-state index in [9.17, 15) is 4.79 Å². The number of Topliss-reactive ketones (excluding diaryl/α,β-unsaturated/α-hetero) is 1. The van der Waals surface area contributed by atoms with Crippen LogP contribution in [-0.4, -0.2) is 19.0 Å². The average molecular weight is 224 g/mol. The van der Waals surface area contributed by atoms with Gasteiger partial charge >= 0.3 is 0 Å². The maximum absolute atomic E-state index is 12.3. The fraction of sp³-hybridized carbons (Fsp3) is 0.929. The summed E-state index contributed by atoms with van der Waals surface area (Å²) in [5.74, 6) is 1.20. The topological polar surface area (TPSA) is 26.3 Å². The molecule has 2 nitrogen and oxygen atoms in total. The van der Waals surface area contributed by atoms with Crippen molar-refractivity contribution in [2.24, 2.45) is 17.3 Å². The highest BCUT2D eigenvalue weighted by Crippen LogP contribution is 2.39. The zero-order valence-electron chi connectivity index (χ0n) is 10.6. The van der Waals surface area contributed by atoms with Crippen LogP contribution in [0.15, 0.2) is 0 Å². The maximum Gasteiger partial charge on any atom is 0.139 e. The monoisotopic (exact) mass is 224 g/mol. The van der Waals surface area contributed by atoms with Crippen molar-refractivity contribution in [1.82, 2.24) is 0 Å². The van der Waals surface area contributed by atoms with Gasteiger partial charge in [-0.15, -0.1) is 0 Å². The Kier molecular flexibility index (Phi) is 3.68. The molecule has 2 fully saturated rings. The van der Waals surface area contributed by atoms with Crippen LogP contribution in [0, 0.1) is 17.3 Å². The van der Waals surface area contributed by atoms with Crippen LogP contribution in [0.2, 0.25) is 0 Å². The van der Waals surface area contributed by atoms with Crippen molar-refractivity contribution in [3.05, 3.63) is 0 Å². The van der Waals surface area contributed by atoms with E-state index in [1.165, 1.54) is 12.8 Å². The Morgan fingerprint density at radius 3 is 2.06 bits per heavy atom. The van der Waals surface area contributed by atoms with Crippen molar-refractivity contribution < 1.29 is 9.53 Å². The van der Waals surface area contributed by atoms with Gasteiger partial charge in [-0.25, -0.2) is 0 Å². The molecule has 2 aliphatic rings. The minimum atomic E-state index is 0.306. The predicted molar refractivity (Wildman–Crippen MR) is 64.3 cm³/mol. The van der Waals surface area contributed by atoms with E-state index < -0.39 is 0 Å². The van der Waals surface area contributed by atoms with Crippen LogP contribution in [-0.2, 0) is 9.53 Å². The minimum absolute atomic E-state index is 0.306. The fourth-order valence-corrected chi connectivity index (χ4v) is 3.00. The molecular formula is C14H24O2. The summed E-state index contributed by atoms with van der Waals surface area (Å²) in [5.41, 5.74) is 0.465. The lowest BCUT2D eigenvalue weighted by Crippen LogP contribution is -2.32. The highest BCUT2D eigenvalue weighted by Gasteiger charge is 2.34. The van der Waals surface area contributed by atoms with Gasteiger partial charge in [0.05, 0.1) is 0 Å². The molecule has 2 heteroatoms. The predicted octanol–water partition coefficient (Wildman–Crippen LogP) is 3.20. The third kappa shape index (κ3) is 2.85. The second-order valence-electron chi connectivity index (χ2n) is 6.23. The highest BCUT2D eigenvalue weighted by atomic mass is 16.5. The first kappa shape index (κ1) is 12.1. The molecule has 1 aliphatic heterocycles. The fourth-order valence-electron chi connectivity index (χ4n) is 3.00. The minimum Gasteiger partial charge on any atom is -0.381 e. The maximum atomic E-state index is 12.3. The molecule has 0 spiro atoms. The largest absolute Gasteiger partial charge is 0.381 e. The Hall–Kier alpha value is -0.370. The van der Waals surface area contributed by atoms with Crippen molar-refractivity contribution in [2.75, 3.05) is 13.2 Å². The molecule has 1 heterocycles. The van der Waals surface area contributed by atoms with Crippen LogP contribution in [0.1, 0.15) is 52.4 Å². The zero-order valence-corrected chi connectivity index (χ0v) is 10.6. The summed E-state index contributed by atoms with van der Waals surface area (Å²) in [6.07, 6.45) is 6.57. The van der Waals surface area contributed by atoms with Crippen LogP contribution in [0.5, 0.6) is 0 Å². The molecule has 0 aromatic carbocycles. The lowest BCUT2D eigenvalue weighted by atomic mass is 9.70. The van der Waals surface area contributed by atoms with Crippen molar-refractivity contribution in [3.63, 3.8) is 0 Å². The summed E-state index contributed by atoms with van der Waals surface area (Å²) in [4.78, 5) is 12.3. The first-order valence-corrected chi connectivity index (χ1v) is 6.70. The molecule has 0 atom stereocenters. The first-order valence-electron chi connectivity index (χ1n) is 6.70. The van der Waals surface area contributed by atoms with Gasteiger partial charge in [-0.3, -0.25) is 4.79 Å². The number of hydrogen-bond donors (Lipinski definition) is 0. The summed E-state index contributed by atoms with van der Waals surface area (Å²) >= 11 is 0. The van der Waals surface area contributed by atoms with E-state index in [2.05, 4.69) is 13.8 Å². The number of carbonyl (C=O) groups is 1. The summed E-state index contributed by atoms with van der Waals surface area (Å²) < 4.78 is 5.32. The molecular weight excluding hydrogens is 200 g/mol. The van der Waals surface area contributed by atoms with E-state index in [0.717, 1.165) is 38.9 Å². The Bertz CT molecular complexity index is 241. The van der Waals surface area contributed by atoms with Gasteiger partial charge in [0, 0.05) is 25.0 Å². The molecule has 0 N–H and O–H groups in total. The molecule has 0 unspecified atom stereocenters. The Morgan fingerprint density at radius 1 is 1.00 bits per heavy atom. The SMILES string of the molecule is CC1(C)CCC(C(=O)C2CCOCC2)CC1. The third-order valence-electron chi connectivity index (χ3n) is 4.37. The molecule has 2 rings (SSSR count). The van der Waals surface area contributed by atoms with E-state index >= 15 is 0 Å². The van der Waals surface area contributed by atoms with E-state index in [0.29, 0.717) is 23.0 Å². The van der Waals surface area contributed by atoms with E-state index in [1.54, 1.807) is 0 Å². The number of hydrogen-bond acceptors (Lipinski definition) is 2. The van der Waals surface area contributed by atoms with Crippen LogP contribution in [0.4, 0.5) is 0 Å². The van der Waals surface area contributed by atoms with Gasteiger partial charge in [-0.1, -0.05) is 13.8 Å². The molecule has 0 aromatic rings. The number of ketones is 1. The molecule has 0 amide bonds. The van der Waals surface area contributed by atoms with E-state index in [-0.39, 0.29) is 0 Å². The molecule has 1 saturated heterocycles. The molecule has 16 heavy (non-hydrogen) atoms. The van der Waals surface area contributed by atoms with Crippen LogP contribution in [0.25, 0.3) is 0 Å². The lowest BCUT2D eigenvalue weighted by Gasteiger charge is -2.35. The zero-order chi connectivity index (χ0) is 11.6. The normalized spacial score (nSPS) is 27.9. The first-order chi connectivity index (χ1) is 7.58. The van der Waals surface area contributed by atoms with Crippen molar-refractivity contribution >= 4 is 5.78 Å². The standard InChI is InChI=1S/C14H24O2/c1-14(2)7-3-11(4-8-14)13(15)12-5-9-16-10-6-12/h11-12H,3-10H2,1-2H3. The lowest BCUT2D eigenvalue weighted by molar-refractivity contribution is -0.131. The van der Waals surface area contributed by atoms with Gasteiger partial charge in [-0.2, -0.15) is 0 Å². The average Bonchev–Trinajstić information content (AvgIpc) is 2.29. The number of ether oxygens (including phenoxy) is 1. The molecule has 0 aromatic heterocycles. The molecule has 1 saturated carbocycles. The van der Waals surface area contributed by atoms with Crippen molar-refractivity contribution in [2.45, 2.75) is 52.4 Å². The summed E-state index contributed by atoms with van der Waals surface area (Å²) in [6.45, 7) is 6.22. The molecule has 0 radical (unpaired) electrons. The number of rotatable bonds is 2. The molecule has 0 bridgehead atoms. The summed E-state index contributed by atoms with van der Waals surface area (Å²) in [6, 6.07) is 0. The van der Waals surface area contributed by atoms with Gasteiger partial charge in [0.25, 0.3) is 0 Å². The van der Waals surface area contributed by atoms with Gasteiger partial charge in [0.2, 0.25) is 0 Å². The van der Waals surface area contributed by atoms with E-state index in [4.69, 9.17) is 4.74 Å². The van der Waals surface area contributed by atoms with Crippen molar-refractivity contribution in [3.8, 4) is 0 Å². The van der Waals surface area contributed by atoms with Gasteiger partial charge < -0.3 is 4.74 Å². The van der Waals surface area contributed by atoms with Crippen LogP contribution in [0.3, 0.4) is 0 Å². The summed E-state index contributed by atoms with van der Waals surface area (Å²) in [5, 5.41) is 0. The van der Waals surface area contributed by atoms with Gasteiger partial charge in [-0.05, 0) is 43.9 Å². The summed E-state index contributed by atoms with van der Waals surface area (Å²) in [7, 11) is 0. The number of carbonyl (C=O) groups excluding carboxylic acids is 1. The Labute approximate surface area is 98.7 Å². The second kappa shape index (κ2) is 4.87. The van der Waals surface area contributed by atoms with E-state index in [1.807, 2.05) is 0 Å². The Morgan fingerprint density at radius 2 is 1.50 bits per heavy atom. The highest BCUT2D eigenvalue weighted by molar-refractivity contribution is 5.83. The van der Waals surface area contributed by atoms with Crippen LogP contribution >= 0.6 is 0 Å². The Balaban J connectivity index is 1.86.